The molecule has 0 radical (unpaired) electrons. The standard InChI is InChI=1S/C15H14ClNO4/c16-12-6-2-1-5-11(12)14-13(17-9-21-14)15(18)20-8-10-4-3-7-19-10/h1-2,5-6,9-10H,3-4,7-8H2/t10-/m0/s1. The van der Waals surface area contributed by atoms with E-state index in [1.165, 1.54) is 6.39 Å². The van der Waals surface area contributed by atoms with Crippen molar-refractivity contribution < 1.29 is 18.7 Å². The lowest BCUT2D eigenvalue weighted by atomic mass is 10.1. The van der Waals surface area contributed by atoms with Crippen molar-refractivity contribution in [2.45, 2.75) is 18.9 Å². The summed E-state index contributed by atoms with van der Waals surface area (Å²) >= 11 is 6.11. The molecule has 0 unspecified atom stereocenters. The Morgan fingerprint density at radius 3 is 3.05 bits per heavy atom. The van der Waals surface area contributed by atoms with Gasteiger partial charge < -0.3 is 13.9 Å². The summed E-state index contributed by atoms with van der Waals surface area (Å²) in [6.45, 7) is 0.949. The van der Waals surface area contributed by atoms with Crippen molar-refractivity contribution in [3.63, 3.8) is 0 Å². The Balaban J connectivity index is 1.75. The van der Waals surface area contributed by atoms with Gasteiger partial charge in [-0.15, -0.1) is 0 Å². The van der Waals surface area contributed by atoms with Gasteiger partial charge in [-0.25, -0.2) is 9.78 Å². The van der Waals surface area contributed by atoms with Crippen LogP contribution in [0.5, 0.6) is 0 Å². The number of rotatable bonds is 4. The maximum Gasteiger partial charge on any atom is 0.361 e. The second-order valence-corrected chi connectivity index (χ2v) is 5.15. The fraction of sp³-hybridized carbons (Fsp3) is 0.333. The number of esters is 1. The monoisotopic (exact) mass is 307 g/mol. The number of oxazole rings is 1. The van der Waals surface area contributed by atoms with Crippen LogP contribution < -0.4 is 0 Å². The molecule has 0 amide bonds. The number of carbonyl (C=O) groups excluding carboxylic acids is 1. The van der Waals surface area contributed by atoms with Crippen LogP contribution in [0.3, 0.4) is 0 Å². The number of carbonyl (C=O) groups is 1. The van der Waals surface area contributed by atoms with Crippen molar-refractivity contribution in [3.8, 4) is 11.3 Å². The molecule has 2 aromatic rings. The first-order valence-corrected chi connectivity index (χ1v) is 7.10. The average Bonchev–Trinajstić information content (AvgIpc) is 3.16. The molecule has 1 aromatic heterocycles. The van der Waals surface area contributed by atoms with E-state index in [4.69, 9.17) is 25.5 Å². The highest BCUT2D eigenvalue weighted by Crippen LogP contribution is 2.30. The molecule has 0 saturated carbocycles. The molecular weight excluding hydrogens is 294 g/mol. The van der Waals surface area contributed by atoms with Crippen LogP contribution in [0.4, 0.5) is 0 Å². The Morgan fingerprint density at radius 1 is 1.43 bits per heavy atom. The molecule has 3 rings (SSSR count). The molecule has 0 aliphatic carbocycles. The van der Waals surface area contributed by atoms with Gasteiger partial charge in [-0.3, -0.25) is 0 Å². The third-order valence-electron chi connectivity index (χ3n) is 3.30. The first kappa shape index (κ1) is 14.1. The minimum absolute atomic E-state index is 0.0235. The average molecular weight is 308 g/mol. The molecule has 0 N–H and O–H groups in total. The predicted octanol–water partition coefficient (Wildman–Crippen LogP) is 3.33. The van der Waals surface area contributed by atoms with E-state index in [1.807, 2.05) is 6.07 Å². The fourth-order valence-corrected chi connectivity index (χ4v) is 2.46. The van der Waals surface area contributed by atoms with Gasteiger partial charge in [0.25, 0.3) is 0 Å². The quantitative estimate of drug-likeness (QED) is 0.811. The predicted molar refractivity (Wildman–Crippen MR) is 76.2 cm³/mol. The summed E-state index contributed by atoms with van der Waals surface area (Å²) < 4.78 is 16.0. The number of hydrogen-bond acceptors (Lipinski definition) is 5. The molecule has 6 heteroatoms. The van der Waals surface area contributed by atoms with E-state index in [2.05, 4.69) is 4.98 Å². The molecule has 1 aliphatic rings. The summed E-state index contributed by atoms with van der Waals surface area (Å²) in [5.74, 6) is -0.216. The van der Waals surface area contributed by atoms with E-state index < -0.39 is 5.97 Å². The van der Waals surface area contributed by atoms with Crippen LogP contribution in [-0.2, 0) is 9.47 Å². The van der Waals surface area contributed by atoms with E-state index in [0.717, 1.165) is 19.4 Å². The number of ether oxygens (including phenoxy) is 2. The maximum absolute atomic E-state index is 12.1. The van der Waals surface area contributed by atoms with Crippen LogP contribution in [0.25, 0.3) is 11.3 Å². The molecule has 1 aliphatic heterocycles. The lowest BCUT2D eigenvalue weighted by Gasteiger charge is -2.09. The molecule has 1 fully saturated rings. The van der Waals surface area contributed by atoms with E-state index >= 15 is 0 Å². The molecule has 0 spiro atoms. The SMILES string of the molecule is O=C(OC[C@@H]1CCCO1)c1ncoc1-c1ccccc1Cl. The van der Waals surface area contributed by atoms with Crippen LogP contribution in [0.1, 0.15) is 23.3 Å². The molecule has 0 bridgehead atoms. The van der Waals surface area contributed by atoms with Crippen LogP contribution in [0.15, 0.2) is 35.1 Å². The van der Waals surface area contributed by atoms with Gasteiger partial charge >= 0.3 is 5.97 Å². The van der Waals surface area contributed by atoms with E-state index in [0.29, 0.717) is 16.3 Å². The number of nitrogens with zero attached hydrogens (tertiary/aromatic N) is 1. The lowest BCUT2D eigenvalue weighted by Crippen LogP contribution is -2.18. The van der Waals surface area contributed by atoms with Gasteiger partial charge in [0.15, 0.2) is 17.8 Å². The largest absolute Gasteiger partial charge is 0.458 e. The van der Waals surface area contributed by atoms with E-state index in [9.17, 15) is 4.79 Å². The Bertz CT molecular complexity index is 634. The van der Waals surface area contributed by atoms with Gasteiger partial charge in [0.05, 0.1) is 11.1 Å². The molecule has 110 valence electrons. The smallest absolute Gasteiger partial charge is 0.361 e. The molecule has 2 heterocycles. The van der Waals surface area contributed by atoms with Gasteiger partial charge in [0.1, 0.15) is 6.61 Å². The zero-order chi connectivity index (χ0) is 14.7. The lowest BCUT2D eigenvalue weighted by molar-refractivity contribution is 0.0157. The highest BCUT2D eigenvalue weighted by molar-refractivity contribution is 6.33. The van der Waals surface area contributed by atoms with Crippen molar-refractivity contribution in [1.29, 1.82) is 0 Å². The number of benzene rings is 1. The van der Waals surface area contributed by atoms with E-state index in [1.54, 1.807) is 18.2 Å². The first-order chi connectivity index (χ1) is 10.3. The summed E-state index contributed by atoms with van der Waals surface area (Å²) in [4.78, 5) is 16.1. The summed E-state index contributed by atoms with van der Waals surface area (Å²) in [5, 5.41) is 0.488. The van der Waals surface area contributed by atoms with Crippen LogP contribution in [0.2, 0.25) is 5.02 Å². The first-order valence-electron chi connectivity index (χ1n) is 6.73. The highest BCUT2D eigenvalue weighted by atomic mass is 35.5. The zero-order valence-corrected chi connectivity index (χ0v) is 12.0. The van der Waals surface area contributed by atoms with Crippen molar-refractivity contribution in [1.82, 2.24) is 4.98 Å². The summed E-state index contributed by atoms with van der Waals surface area (Å²) in [6, 6.07) is 7.10. The van der Waals surface area contributed by atoms with Gasteiger partial charge in [0.2, 0.25) is 0 Å². The second kappa shape index (κ2) is 6.28. The Labute approximate surface area is 126 Å². The van der Waals surface area contributed by atoms with Crippen molar-refractivity contribution >= 4 is 17.6 Å². The number of halogens is 1. The molecule has 1 atom stereocenters. The highest BCUT2D eigenvalue weighted by Gasteiger charge is 2.23. The van der Waals surface area contributed by atoms with Gasteiger partial charge in [-0.1, -0.05) is 23.7 Å². The normalized spacial score (nSPS) is 17.9. The van der Waals surface area contributed by atoms with Crippen LogP contribution in [0, 0.1) is 0 Å². The topological polar surface area (TPSA) is 61.6 Å². The second-order valence-electron chi connectivity index (χ2n) is 4.74. The fourth-order valence-electron chi connectivity index (χ4n) is 2.24. The molecule has 21 heavy (non-hydrogen) atoms. The van der Waals surface area contributed by atoms with Crippen molar-refractivity contribution in [2.24, 2.45) is 0 Å². The minimum Gasteiger partial charge on any atom is -0.458 e. The van der Waals surface area contributed by atoms with Crippen LogP contribution in [-0.4, -0.2) is 30.3 Å². The van der Waals surface area contributed by atoms with Gasteiger partial charge in [0, 0.05) is 12.2 Å². The van der Waals surface area contributed by atoms with Crippen LogP contribution >= 0.6 is 11.6 Å². The zero-order valence-electron chi connectivity index (χ0n) is 11.3. The Morgan fingerprint density at radius 2 is 2.29 bits per heavy atom. The molecule has 5 nitrogen and oxygen atoms in total. The maximum atomic E-state index is 12.1. The summed E-state index contributed by atoms with van der Waals surface area (Å²) in [6.07, 6.45) is 3.09. The molecule has 1 saturated heterocycles. The summed E-state index contributed by atoms with van der Waals surface area (Å²) in [7, 11) is 0. The molecular formula is C15H14ClNO4. The summed E-state index contributed by atoms with van der Waals surface area (Å²) in [5.41, 5.74) is 0.738. The number of aromatic nitrogens is 1. The third-order valence-corrected chi connectivity index (χ3v) is 3.63. The third kappa shape index (κ3) is 3.09. The minimum atomic E-state index is -0.533. The Kier molecular flexibility index (Phi) is 4.22. The van der Waals surface area contributed by atoms with Crippen molar-refractivity contribution in [2.75, 3.05) is 13.2 Å². The molecule has 1 aromatic carbocycles. The van der Waals surface area contributed by atoms with Gasteiger partial charge in [-0.05, 0) is 25.0 Å². The Hall–Kier alpha value is -1.85. The van der Waals surface area contributed by atoms with Gasteiger partial charge in [-0.2, -0.15) is 0 Å². The van der Waals surface area contributed by atoms with Crippen molar-refractivity contribution in [3.05, 3.63) is 41.4 Å². The van der Waals surface area contributed by atoms with E-state index in [-0.39, 0.29) is 18.4 Å². The number of hydrogen-bond donors (Lipinski definition) is 0.